The van der Waals surface area contributed by atoms with Gasteiger partial charge in [-0.2, -0.15) is 0 Å². The van der Waals surface area contributed by atoms with Gasteiger partial charge in [0, 0.05) is 17.0 Å². The average molecular weight is 292 g/mol. The van der Waals surface area contributed by atoms with Gasteiger partial charge in [-0.05, 0) is 16.7 Å². The first-order valence-electron chi connectivity index (χ1n) is 7.11. The Bertz CT molecular complexity index is 959. The Kier molecular flexibility index (Phi) is 1.97. The van der Waals surface area contributed by atoms with E-state index in [1.54, 1.807) is 0 Å². The zero-order valence-corrected chi connectivity index (χ0v) is 11.8. The number of nitrogens with zero attached hydrogens (tertiary/aromatic N) is 1. The Morgan fingerprint density at radius 2 is 2.00 bits per heavy atom. The van der Waals surface area contributed by atoms with Crippen molar-refractivity contribution in [3.63, 3.8) is 0 Å². The second-order valence-electron chi connectivity index (χ2n) is 5.73. The molecule has 2 aromatic carbocycles. The van der Waals surface area contributed by atoms with E-state index in [2.05, 4.69) is 5.16 Å². The number of hydrogen-bond donors (Lipinski definition) is 1. The van der Waals surface area contributed by atoms with Gasteiger partial charge in [0.2, 0.25) is 0 Å². The highest BCUT2D eigenvalue weighted by atomic mass is 16.5. The number of rotatable bonds is 2. The molecule has 0 spiro atoms. The molecular formula is C17H12N2O3. The predicted octanol–water partition coefficient (Wildman–Crippen LogP) is 2.79. The fourth-order valence-electron chi connectivity index (χ4n) is 3.83. The zero-order chi connectivity index (χ0) is 15.0. The van der Waals surface area contributed by atoms with E-state index in [4.69, 9.17) is 15.0 Å². The van der Waals surface area contributed by atoms with Crippen molar-refractivity contribution in [3.05, 3.63) is 47.0 Å². The van der Waals surface area contributed by atoms with E-state index in [0.717, 1.165) is 22.1 Å². The smallest absolute Gasteiger partial charge is 0.314 e. The molecule has 3 aromatic rings. The molecule has 5 rings (SSSR count). The minimum absolute atomic E-state index is 0.152. The average Bonchev–Trinajstić information content (AvgIpc) is 3.07. The molecule has 0 aliphatic heterocycles. The summed E-state index contributed by atoms with van der Waals surface area (Å²) in [6.45, 7) is 0. The van der Waals surface area contributed by atoms with Gasteiger partial charge in [0.25, 0.3) is 0 Å². The van der Waals surface area contributed by atoms with Crippen LogP contribution >= 0.6 is 0 Å². The van der Waals surface area contributed by atoms with E-state index in [0.29, 0.717) is 11.4 Å². The van der Waals surface area contributed by atoms with Gasteiger partial charge in [0.1, 0.15) is 0 Å². The van der Waals surface area contributed by atoms with Gasteiger partial charge in [-0.3, -0.25) is 4.79 Å². The summed E-state index contributed by atoms with van der Waals surface area (Å²) in [5, 5.41) is 4.72. The van der Waals surface area contributed by atoms with Crippen molar-refractivity contribution in [1.29, 1.82) is 0 Å². The maximum Gasteiger partial charge on any atom is 0.314 e. The quantitative estimate of drug-likeness (QED) is 0.735. The van der Waals surface area contributed by atoms with Crippen LogP contribution in [0.25, 0.3) is 22.1 Å². The topological polar surface area (TPSA) is 78.4 Å². The van der Waals surface area contributed by atoms with Crippen molar-refractivity contribution in [3.8, 4) is 11.1 Å². The predicted molar refractivity (Wildman–Crippen MR) is 80.5 cm³/mol. The third kappa shape index (κ3) is 1.16. The fraction of sp³-hybridized carbons (Fsp3) is 0.176. The molecule has 1 heterocycles. The van der Waals surface area contributed by atoms with Gasteiger partial charge in [0.15, 0.2) is 11.4 Å². The molecule has 0 bridgehead atoms. The lowest BCUT2D eigenvalue weighted by atomic mass is 9.83. The van der Waals surface area contributed by atoms with E-state index in [-0.39, 0.29) is 17.8 Å². The van der Waals surface area contributed by atoms with Crippen molar-refractivity contribution in [2.45, 2.75) is 11.8 Å². The van der Waals surface area contributed by atoms with Crippen molar-refractivity contribution < 1.29 is 14.1 Å². The first kappa shape index (κ1) is 11.8. The second-order valence-corrected chi connectivity index (χ2v) is 5.73. The van der Waals surface area contributed by atoms with Crippen molar-refractivity contribution in [1.82, 2.24) is 5.16 Å². The Hall–Kier alpha value is -2.82. The lowest BCUT2D eigenvalue weighted by Gasteiger charge is -2.20. The molecule has 0 amide bonds. The number of hydrogen-bond acceptors (Lipinski definition) is 5. The highest BCUT2D eigenvalue weighted by molar-refractivity contribution is 6.12. The van der Waals surface area contributed by atoms with Gasteiger partial charge in [0.05, 0.1) is 18.4 Å². The summed E-state index contributed by atoms with van der Waals surface area (Å²) in [7, 11) is 1.41. The van der Waals surface area contributed by atoms with Crippen LogP contribution in [0.5, 0.6) is 0 Å². The number of nitrogen functional groups attached to an aromatic ring is 1. The summed E-state index contributed by atoms with van der Waals surface area (Å²) in [6, 6.07) is 10.0. The maximum atomic E-state index is 12.1. The van der Waals surface area contributed by atoms with Crippen molar-refractivity contribution in [2.24, 2.45) is 0 Å². The zero-order valence-electron chi connectivity index (χ0n) is 11.8. The number of aromatic nitrogens is 1. The molecule has 2 aliphatic carbocycles. The second kappa shape index (κ2) is 3.68. The summed E-state index contributed by atoms with van der Waals surface area (Å²) < 4.78 is 10.4. The summed E-state index contributed by atoms with van der Waals surface area (Å²) in [5.41, 5.74) is 12.1. The van der Waals surface area contributed by atoms with E-state index < -0.39 is 0 Å². The normalized spacial score (nSPS) is 20.4. The first-order valence-corrected chi connectivity index (χ1v) is 7.11. The molecule has 2 N–H and O–H groups in total. The van der Waals surface area contributed by atoms with Crippen molar-refractivity contribution in [2.75, 3.05) is 12.8 Å². The molecule has 0 radical (unpaired) electrons. The first-order chi connectivity index (χ1) is 10.7. The molecule has 22 heavy (non-hydrogen) atoms. The Balaban J connectivity index is 1.84. The highest BCUT2D eigenvalue weighted by Crippen LogP contribution is 2.70. The van der Waals surface area contributed by atoms with Crippen LogP contribution in [0.1, 0.15) is 28.5 Å². The number of nitrogens with two attached hydrogens (primary N) is 1. The van der Waals surface area contributed by atoms with Gasteiger partial charge in [-0.15, -0.1) is 0 Å². The van der Waals surface area contributed by atoms with E-state index in [1.165, 1.54) is 18.2 Å². The molecular weight excluding hydrogens is 280 g/mol. The minimum Gasteiger partial charge on any atom is -0.469 e. The summed E-state index contributed by atoms with van der Waals surface area (Å²) in [6.07, 6.45) is 0. The lowest BCUT2D eigenvalue weighted by Crippen LogP contribution is -2.21. The Labute approximate surface area is 125 Å². The van der Waals surface area contributed by atoms with Gasteiger partial charge in [-0.1, -0.05) is 35.5 Å². The summed E-state index contributed by atoms with van der Waals surface area (Å²) >= 11 is 0. The van der Waals surface area contributed by atoms with Gasteiger partial charge >= 0.3 is 5.97 Å². The fourth-order valence-corrected chi connectivity index (χ4v) is 3.83. The van der Waals surface area contributed by atoms with Crippen LogP contribution in [0.15, 0.2) is 34.9 Å². The molecule has 2 unspecified atom stereocenters. The van der Waals surface area contributed by atoms with Crippen LogP contribution in [0.2, 0.25) is 0 Å². The molecule has 2 atom stereocenters. The van der Waals surface area contributed by atoms with Crippen LogP contribution in [0.4, 0.5) is 5.82 Å². The largest absolute Gasteiger partial charge is 0.469 e. The number of carbonyl (C=O) groups is 1. The molecule has 108 valence electrons. The van der Waals surface area contributed by atoms with Gasteiger partial charge < -0.3 is 15.0 Å². The monoisotopic (exact) mass is 292 g/mol. The molecule has 5 heteroatoms. The molecule has 2 aliphatic rings. The van der Waals surface area contributed by atoms with E-state index in [9.17, 15) is 4.79 Å². The van der Waals surface area contributed by atoms with Crippen LogP contribution < -0.4 is 5.73 Å². The van der Waals surface area contributed by atoms with Crippen LogP contribution in [-0.2, 0) is 9.53 Å². The summed E-state index contributed by atoms with van der Waals surface area (Å²) in [5.74, 6) is 0.0185. The van der Waals surface area contributed by atoms with Crippen LogP contribution in [0, 0.1) is 0 Å². The number of ether oxygens (including phenoxy) is 1. The number of anilines is 1. The number of carbonyl (C=O) groups excluding carboxylic acids is 1. The minimum atomic E-state index is -0.276. The van der Waals surface area contributed by atoms with E-state index >= 15 is 0 Å². The van der Waals surface area contributed by atoms with Crippen molar-refractivity contribution >= 4 is 22.8 Å². The number of methoxy groups -OCH3 is 1. The third-order valence-corrected chi connectivity index (χ3v) is 4.76. The Morgan fingerprint density at radius 3 is 2.73 bits per heavy atom. The highest BCUT2D eigenvalue weighted by Gasteiger charge is 2.60. The standard InChI is InChI=1S/C17H12N2O3/c1-21-17(20)13-11-9-8(7-5-3-2-4-6-7)14-15(12(13)10(9)11)22-19-16(14)18/h2-6,11,13H,1H3,(H2,18,19). The molecule has 0 fully saturated rings. The Morgan fingerprint density at radius 1 is 1.23 bits per heavy atom. The molecule has 0 saturated heterocycles. The van der Waals surface area contributed by atoms with Gasteiger partial charge in [-0.25, -0.2) is 0 Å². The van der Waals surface area contributed by atoms with Crippen LogP contribution in [-0.4, -0.2) is 18.2 Å². The lowest BCUT2D eigenvalue weighted by molar-refractivity contribution is -0.143. The third-order valence-electron chi connectivity index (χ3n) is 4.76. The maximum absolute atomic E-state index is 12.1. The number of benzene rings is 2. The van der Waals surface area contributed by atoms with Crippen LogP contribution in [0.3, 0.4) is 0 Å². The number of esters is 1. The summed E-state index contributed by atoms with van der Waals surface area (Å²) in [4.78, 5) is 12.1. The molecule has 5 nitrogen and oxygen atoms in total. The molecule has 0 saturated carbocycles. The SMILES string of the molecule is COC(=O)C1c2c3c(c(-c4ccccc4)c4c(N)noc24)C31. The number of fused-ring (bicyclic) bond motifs is 3. The molecule has 1 aromatic heterocycles. The van der Waals surface area contributed by atoms with E-state index in [1.807, 2.05) is 30.3 Å².